The highest BCUT2D eigenvalue weighted by Gasteiger charge is 2.17. The van der Waals surface area contributed by atoms with Crippen molar-refractivity contribution in [2.45, 2.75) is 38.8 Å². The molecule has 1 aromatic carbocycles. The summed E-state index contributed by atoms with van der Waals surface area (Å²) in [6.45, 7) is 4.56. The largest absolute Gasteiger partial charge is 0.375 e. The van der Waals surface area contributed by atoms with Crippen molar-refractivity contribution >= 4 is 23.5 Å². The van der Waals surface area contributed by atoms with Gasteiger partial charge in [-0.25, -0.2) is 0 Å². The van der Waals surface area contributed by atoms with E-state index in [-0.39, 0.29) is 5.11 Å². The predicted octanol–water partition coefficient (Wildman–Crippen LogP) is 2.23. The van der Waals surface area contributed by atoms with Crippen LogP contribution in [0.5, 0.6) is 0 Å². The standard InChI is InChI=1S/C15H22N4S/c1-12-4-2-3-9-19(12)11-14-7-5-13(6-8-14)10-17-18-15(16)20/h5-8,10,12H,2-4,9,11H2,1H3,(H3,16,18,20). The van der Waals surface area contributed by atoms with Gasteiger partial charge in [-0.1, -0.05) is 30.7 Å². The molecule has 1 atom stereocenters. The van der Waals surface area contributed by atoms with Gasteiger partial charge in [-0.05, 0) is 49.7 Å². The van der Waals surface area contributed by atoms with Gasteiger partial charge < -0.3 is 5.73 Å². The third-order valence-electron chi connectivity index (χ3n) is 3.69. The van der Waals surface area contributed by atoms with Crippen LogP contribution in [0.15, 0.2) is 29.4 Å². The van der Waals surface area contributed by atoms with Crippen LogP contribution in [0.1, 0.15) is 37.3 Å². The van der Waals surface area contributed by atoms with E-state index < -0.39 is 0 Å². The molecule has 5 heteroatoms. The van der Waals surface area contributed by atoms with Crippen molar-refractivity contribution in [2.75, 3.05) is 6.54 Å². The third-order valence-corrected chi connectivity index (χ3v) is 3.79. The normalized spacial score (nSPS) is 20.1. The molecule has 0 aromatic heterocycles. The minimum Gasteiger partial charge on any atom is -0.375 e. The maximum atomic E-state index is 5.30. The van der Waals surface area contributed by atoms with Crippen molar-refractivity contribution in [3.63, 3.8) is 0 Å². The summed E-state index contributed by atoms with van der Waals surface area (Å²) in [7, 11) is 0. The van der Waals surface area contributed by atoms with Gasteiger partial charge in [0.25, 0.3) is 0 Å². The Balaban J connectivity index is 1.90. The molecule has 1 aliphatic heterocycles. The van der Waals surface area contributed by atoms with Crippen LogP contribution in [-0.2, 0) is 6.54 Å². The number of nitrogens with one attached hydrogen (secondary N) is 1. The van der Waals surface area contributed by atoms with Crippen LogP contribution in [0.3, 0.4) is 0 Å². The topological polar surface area (TPSA) is 53.6 Å². The molecule has 4 nitrogen and oxygen atoms in total. The minimum atomic E-state index is 0.178. The molecule has 3 N–H and O–H groups in total. The average Bonchev–Trinajstić information content (AvgIpc) is 2.43. The summed E-state index contributed by atoms with van der Waals surface area (Å²) in [5.74, 6) is 0. The van der Waals surface area contributed by atoms with Crippen molar-refractivity contribution in [1.29, 1.82) is 0 Å². The lowest BCUT2D eigenvalue weighted by atomic mass is 10.0. The number of nitrogens with two attached hydrogens (primary N) is 1. The van der Waals surface area contributed by atoms with Crippen LogP contribution in [0, 0.1) is 0 Å². The molecule has 0 radical (unpaired) electrons. The van der Waals surface area contributed by atoms with Crippen LogP contribution in [0.25, 0.3) is 0 Å². The summed E-state index contributed by atoms with van der Waals surface area (Å²) >= 11 is 4.68. The number of hydrogen-bond donors (Lipinski definition) is 2. The Bertz CT molecular complexity index is 469. The first-order valence-corrected chi connectivity index (χ1v) is 7.47. The molecule has 1 unspecified atom stereocenters. The maximum Gasteiger partial charge on any atom is 0.184 e. The molecule has 1 aliphatic rings. The van der Waals surface area contributed by atoms with Gasteiger partial charge in [0.15, 0.2) is 5.11 Å². The smallest absolute Gasteiger partial charge is 0.184 e. The van der Waals surface area contributed by atoms with E-state index in [1.165, 1.54) is 31.4 Å². The van der Waals surface area contributed by atoms with Crippen molar-refractivity contribution in [2.24, 2.45) is 10.8 Å². The Kier molecular flexibility index (Phi) is 5.49. The molecule has 108 valence electrons. The van der Waals surface area contributed by atoms with Gasteiger partial charge in [-0.3, -0.25) is 10.3 Å². The van der Waals surface area contributed by atoms with E-state index in [1.54, 1.807) is 6.21 Å². The van der Waals surface area contributed by atoms with Crippen LogP contribution in [0.4, 0.5) is 0 Å². The molecule has 0 bridgehead atoms. The summed E-state index contributed by atoms with van der Waals surface area (Å²) in [4.78, 5) is 2.56. The zero-order chi connectivity index (χ0) is 14.4. The lowest BCUT2D eigenvalue weighted by Gasteiger charge is -2.33. The maximum absolute atomic E-state index is 5.30. The van der Waals surface area contributed by atoms with Gasteiger partial charge in [-0.2, -0.15) is 5.10 Å². The number of hydrazone groups is 1. The second-order valence-electron chi connectivity index (χ2n) is 5.29. The number of nitrogens with zero attached hydrogens (tertiary/aromatic N) is 2. The van der Waals surface area contributed by atoms with E-state index >= 15 is 0 Å². The second-order valence-corrected chi connectivity index (χ2v) is 5.73. The van der Waals surface area contributed by atoms with Crippen LogP contribution in [-0.4, -0.2) is 28.8 Å². The van der Waals surface area contributed by atoms with Gasteiger partial charge >= 0.3 is 0 Å². The fraction of sp³-hybridized carbons (Fsp3) is 0.467. The van der Waals surface area contributed by atoms with Gasteiger partial charge in [0.1, 0.15) is 0 Å². The molecule has 0 spiro atoms. The molecule has 1 heterocycles. The van der Waals surface area contributed by atoms with Crippen LogP contribution < -0.4 is 11.2 Å². The number of thiocarbonyl (C=S) groups is 1. The lowest BCUT2D eigenvalue weighted by molar-refractivity contribution is 0.152. The van der Waals surface area contributed by atoms with Crippen LogP contribution in [0.2, 0.25) is 0 Å². The quantitative estimate of drug-likeness (QED) is 0.507. The van der Waals surface area contributed by atoms with Gasteiger partial charge in [0, 0.05) is 12.6 Å². The molecule has 0 amide bonds. The van der Waals surface area contributed by atoms with Crippen molar-refractivity contribution in [1.82, 2.24) is 10.3 Å². The molecule has 1 saturated heterocycles. The summed E-state index contributed by atoms with van der Waals surface area (Å²) in [6.07, 6.45) is 5.71. The Morgan fingerprint density at radius 2 is 2.20 bits per heavy atom. The first kappa shape index (κ1) is 14.9. The van der Waals surface area contributed by atoms with E-state index in [0.29, 0.717) is 6.04 Å². The Labute approximate surface area is 126 Å². The first-order chi connectivity index (χ1) is 9.65. The molecular formula is C15H22N4S. The highest BCUT2D eigenvalue weighted by molar-refractivity contribution is 7.80. The van der Waals surface area contributed by atoms with Gasteiger partial charge in [-0.15, -0.1) is 0 Å². The number of rotatable bonds is 4. The molecule has 2 rings (SSSR count). The Hall–Kier alpha value is -1.46. The van der Waals surface area contributed by atoms with E-state index in [1.807, 2.05) is 0 Å². The van der Waals surface area contributed by atoms with E-state index in [9.17, 15) is 0 Å². The Morgan fingerprint density at radius 1 is 1.45 bits per heavy atom. The lowest BCUT2D eigenvalue weighted by Crippen LogP contribution is -2.36. The summed E-state index contributed by atoms with van der Waals surface area (Å²) in [6, 6.07) is 9.13. The molecule has 1 fully saturated rings. The zero-order valence-corrected chi connectivity index (χ0v) is 12.7. The average molecular weight is 290 g/mol. The van der Waals surface area contributed by atoms with Crippen LogP contribution >= 0.6 is 12.2 Å². The second kappa shape index (κ2) is 7.36. The van der Waals surface area contributed by atoms with Crippen molar-refractivity contribution in [3.05, 3.63) is 35.4 Å². The monoisotopic (exact) mass is 290 g/mol. The van der Waals surface area contributed by atoms with Gasteiger partial charge in [0.05, 0.1) is 6.21 Å². The van der Waals surface area contributed by atoms with E-state index in [4.69, 9.17) is 5.73 Å². The number of likely N-dealkylation sites (tertiary alicyclic amines) is 1. The fourth-order valence-corrected chi connectivity index (χ4v) is 2.56. The van der Waals surface area contributed by atoms with Crippen molar-refractivity contribution < 1.29 is 0 Å². The summed E-state index contributed by atoms with van der Waals surface area (Å²) in [5, 5.41) is 4.12. The predicted molar refractivity (Wildman–Crippen MR) is 87.7 cm³/mol. The Morgan fingerprint density at radius 3 is 2.85 bits per heavy atom. The fourth-order valence-electron chi connectivity index (χ4n) is 2.51. The zero-order valence-electron chi connectivity index (χ0n) is 11.9. The van der Waals surface area contributed by atoms with E-state index in [2.05, 4.69) is 58.8 Å². The first-order valence-electron chi connectivity index (χ1n) is 7.06. The summed E-state index contributed by atoms with van der Waals surface area (Å²) < 4.78 is 0. The van der Waals surface area contributed by atoms with Gasteiger partial charge in [0.2, 0.25) is 0 Å². The molecule has 0 aliphatic carbocycles. The van der Waals surface area contributed by atoms with Crippen molar-refractivity contribution in [3.8, 4) is 0 Å². The third kappa shape index (κ3) is 4.58. The molecule has 1 aromatic rings. The number of piperidine rings is 1. The summed E-state index contributed by atoms with van der Waals surface area (Å²) in [5.41, 5.74) is 10.2. The highest BCUT2D eigenvalue weighted by Crippen LogP contribution is 2.19. The SMILES string of the molecule is CC1CCCCN1Cc1ccc(C=NNC(N)=S)cc1. The molecular weight excluding hydrogens is 268 g/mol. The van der Waals surface area contributed by atoms with E-state index in [0.717, 1.165) is 12.1 Å². The molecule has 0 saturated carbocycles. The minimum absolute atomic E-state index is 0.178. The number of benzene rings is 1. The molecule has 20 heavy (non-hydrogen) atoms. The number of hydrogen-bond acceptors (Lipinski definition) is 3. The highest BCUT2D eigenvalue weighted by atomic mass is 32.1.